The van der Waals surface area contributed by atoms with Crippen molar-refractivity contribution in [3.63, 3.8) is 0 Å². The Kier molecular flexibility index (Phi) is 8.02. The number of hydrogen-bond donors (Lipinski definition) is 2. The Morgan fingerprint density at radius 1 is 1.00 bits per heavy atom. The Morgan fingerprint density at radius 3 is 2.34 bits per heavy atom. The zero-order valence-corrected chi connectivity index (χ0v) is 16.7. The lowest BCUT2D eigenvalue weighted by Crippen LogP contribution is -2.32. The lowest BCUT2D eigenvalue weighted by molar-refractivity contribution is -0.146. The van der Waals surface area contributed by atoms with E-state index >= 15 is 0 Å². The molecule has 154 valence electrons. The molecule has 2 N–H and O–H groups in total. The van der Waals surface area contributed by atoms with Crippen molar-refractivity contribution in [1.29, 1.82) is 0 Å². The van der Waals surface area contributed by atoms with Crippen molar-refractivity contribution >= 4 is 29.2 Å². The average molecular weight is 399 g/mol. The van der Waals surface area contributed by atoms with Crippen molar-refractivity contribution in [3.8, 4) is 5.75 Å². The number of amides is 2. The molecule has 0 radical (unpaired) electrons. The van der Waals surface area contributed by atoms with Crippen molar-refractivity contribution in [1.82, 2.24) is 5.32 Å². The molecule has 2 aromatic rings. The standard InChI is InChI=1S/C21H25N3O5/c1-4-28-18-8-6-5-7-17(18)21(27)22-13-20(26)29-14-19(25)23-15-9-11-16(12-10-15)24(2)3/h5-12H,4,13-14H2,1-3H3,(H,22,27)(H,23,25). The van der Waals surface area contributed by atoms with Gasteiger partial charge >= 0.3 is 5.97 Å². The molecule has 0 bridgehead atoms. The number of esters is 1. The van der Waals surface area contributed by atoms with Gasteiger partial charge < -0.3 is 25.0 Å². The molecule has 8 heteroatoms. The van der Waals surface area contributed by atoms with Crippen LogP contribution >= 0.6 is 0 Å². The first-order valence-electron chi connectivity index (χ1n) is 9.13. The molecule has 0 saturated heterocycles. The normalized spacial score (nSPS) is 10.0. The molecule has 2 rings (SSSR count). The van der Waals surface area contributed by atoms with Gasteiger partial charge in [-0.05, 0) is 43.3 Å². The third kappa shape index (κ3) is 6.84. The number of benzene rings is 2. The summed E-state index contributed by atoms with van der Waals surface area (Å²) in [5.74, 6) is -1.22. The summed E-state index contributed by atoms with van der Waals surface area (Å²) < 4.78 is 10.3. The quantitative estimate of drug-likeness (QED) is 0.627. The fraction of sp³-hybridized carbons (Fsp3) is 0.286. The van der Waals surface area contributed by atoms with Gasteiger partial charge in [0.05, 0.1) is 12.2 Å². The van der Waals surface area contributed by atoms with Crippen molar-refractivity contribution in [2.75, 3.05) is 44.1 Å². The van der Waals surface area contributed by atoms with Crippen molar-refractivity contribution < 1.29 is 23.9 Å². The van der Waals surface area contributed by atoms with Crippen molar-refractivity contribution in [2.24, 2.45) is 0 Å². The van der Waals surface area contributed by atoms with E-state index in [-0.39, 0.29) is 6.54 Å². The topological polar surface area (TPSA) is 97.0 Å². The van der Waals surface area contributed by atoms with Crippen LogP contribution in [0.1, 0.15) is 17.3 Å². The number of para-hydroxylation sites is 1. The molecule has 0 aliphatic carbocycles. The first-order chi connectivity index (χ1) is 13.9. The number of rotatable bonds is 9. The predicted molar refractivity (Wildman–Crippen MR) is 110 cm³/mol. The number of ether oxygens (including phenoxy) is 2. The summed E-state index contributed by atoms with van der Waals surface area (Å²) in [5, 5.41) is 5.10. The van der Waals surface area contributed by atoms with E-state index in [0.717, 1.165) is 5.69 Å². The van der Waals surface area contributed by atoms with Gasteiger partial charge in [-0.25, -0.2) is 0 Å². The molecule has 0 atom stereocenters. The molecule has 0 aromatic heterocycles. The molecule has 0 aliphatic rings. The number of nitrogens with zero attached hydrogens (tertiary/aromatic N) is 1. The van der Waals surface area contributed by atoms with E-state index in [0.29, 0.717) is 23.6 Å². The van der Waals surface area contributed by atoms with Crippen LogP contribution in [0.4, 0.5) is 11.4 Å². The molecule has 0 aliphatic heterocycles. The van der Waals surface area contributed by atoms with Gasteiger partial charge in [0.25, 0.3) is 11.8 Å². The van der Waals surface area contributed by atoms with E-state index in [1.54, 1.807) is 36.4 Å². The Bertz CT molecular complexity index is 850. The number of hydrogen-bond acceptors (Lipinski definition) is 6. The second kappa shape index (κ2) is 10.7. The second-order valence-electron chi connectivity index (χ2n) is 6.26. The number of carbonyl (C=O) groups excluding carboxylic acids is 3. The first kappa shape index (κ1) is 21.7. The fourth-order valence-corrected chi connectivity index (χ4v) is 2.42. The fourth-order valence-electron chi connectivity index (χ4n) is 2.42. The minimum Gasteiger partial charge on any atom is -0.493 e. The van der Waals surface area contributed by atoms with Crippen LogP contribution in [0, 0.1) is 0 Å². The van der Waals surface area contributed by atoms with E-state index in [1.165, 1.54) is 0 Å². The molecule has 0 spiro atoms. The number of carbonyl (C=O) groups is 3. The van der Waals surface area contributed by atoms with Crippen LogP contribution in [0.3, 0.4) is 0 Å². The minimum atomic E-state index is -0.717. The molecule has 29 heavy (non-hydrogen) atoms. The summed E-state index contributed by atoms with van der Waals surface area (Å²) >= 11 is 0. The molecule has 0 saturated carbocycles. The van der Waals surface area contributed by atoms with Gasteiger partial charge in [-0.1, -0.05) is 12.1 Å². The van der Waals surface area contributed by atoms with Crippen LogP contribution in [0.2, 0.25) is 0 Å². The largest absolute Gasteiger partial charge is 0.493 e. The summed E-state index contributed by atoms with van der Waals surface area (Å²) in [4.78, 5) is 37.9. The maximum atomic E-state index is 12.2. The summed E-state index contributed by atoms with van der Waals surface area (Å²) in [6, 6.07) is 13.9. The maximum absolute atomic E-state index is 12.2. The molecule has 2 aromatic carbocycles. The van der Waals surface area contributed by atoms with E-state index in [1.807, 2.05) is 38.1 Å². The van der Waals surface area contributed by atoms with Crippen molar-refractivity contribution in [3.05, 3.63) is 54.1 Å². The third-order valence-electron chi connectivity index (χ3n) is 3.86. The SMILES string of the molecule is CCOc1ccccc1C(=O)NCC(=O)OCC(=O)Nc1ccc(N(C)C)cc1. The lowest BCUT2D eigenvalue weighted by Gasteiger charge is -2.13. The Hall–Kier alpha value is -3.55. The van der Waals surface area contributed by atoms with Crippen LogP contribution in [0.25, 0.3) is 0 Å². The van der Waals surface area contributed by atoms with Crippen LogP contribution in [0.15, 0.2) is 48.5 Å². The van der Waals surface area contributed by atoms with Gasteiger partial charge in [0, 0.05) is 25.5 Å². The van der Waals surface area contributed by atoms with E-state index in [9.17, 15) is 14.4 Å². The maximum Gasteiger partial charge on any atom is 0.325 e. The first-order valence-corrected chi connectivity index (χ1v) is 9.13. The molecule has 0 fully saturated rings. The third-order valence-corrected chi connectivity index (χ3v) is 3.86. The van der Waals surface area contributed by atoms with Crippen LogP contribution in [-0.2, 0) is 14.3 Å². The van der Waals surface area contributed by atoms with Crippen LogP contribution in [-0.4, -0.2) is 51.6 Å². The molecular formula is C21H25N3O5. The molecule has 0 unspecified atom stereocenters. The summed E-state index contributed by atoms with van der Waals surface area (Å²) in [6.45, 7) is 1.43. The van der Waals surface area contributed by atoms with Gasteiger partial charge in [-0.2, -0.15) is 0 Å². The van der Waals surface area contributed by atoms with E-state index in [4.69, 9.17) is 9.47 Å². The smallest absolute Gasteiger partial charge is 0.325 e. The molecular weight excluding hydrogens is 374 g/mol. The lowest BCUT2D eigenvalue weighted by atomic mass is 10.2. The Morgan fingerprint density at radius 2 is 1.69 bits per heavy atom. The zero-order valence-electron chi connectivity index (χ0n) is 16.7. The monoisotopic (exact) mass is 399 g/mol. The summed E-state index contributed by atoms with van der Waals surface area (Å²) in [7, 11) is 3.84. The zero-order chi connectivity index (χ0) is 21.2. The summed E-state index contributed by atoms with van der Waals surface area (Å²) in [5.41, 5.74) is 1.91. The Labute approximate surface area is 169 Å². The highest BCUT2D eigenvalue weighted by atomic mass is 16.5. The van der Waals surface area contributed by atoms with Gasteiger partial charge in [0.2, 0.25) is 0 Å². The summed E-state index contributed by atoms with van der Waals surface area (Å²) in [6.07, 6.45) is 0. The highest BCUT2D eigenvalue weighted by Gasteiger charge is 2.14. The highest BCUT2D eigenvalue weighted by Crippen LogP contribution is 2.17. The molecule has 0 heterocycles. The number of nitrogens with one attached hydrogen (secondary N) is 2. The molecule has 2 amide bonds. The average Bonchev–Trinajstić information content (AvgIpc) is 2.71. The second-order valence-corrected chi connectivity index (χ2v) is 6.26. The minimum absolute atomic E-state index is 0.320. The molecule has 8 nitrogen and oxygen atoms in total. The van der Waals surface area contributed by atoms with E-state index < -0.39 is 24.4 Å². The van der Waals surface area contributed by atoms with Gasteiger partial charge in [0.15, 0.2) is 6.61 Å². The Balaban J connectivity index is 1.76. The predicted octanol–water partition coefficient (Wildman–Crippen LogP) is 2.06. The highest BCUT2D eigenvalue weighted by molar-refractivity contribution is 5.98. The van der Waals surface area contributed by atoms with Crippen LogP contribution < -0.4 is 20.3 Å². The van der Waals surface area contributed by atoms with Gasteiger partial charge in [-0.15, -0.1) is 0 Å². The van der Waals surface area contributed by atoms with Crippen LogP contribution in [0.5, 0.6) is 5.75 Å². The van der Waals surface area contributed by atoms with Gasteiger partial charge in [0.1, 0.15) is 12.3 Å². The van der Waals surface area contributed by atoms with E-state index in [2.05, 4.69) is 10.6 Å². The number of anilines is 2. The van der Waals surface area contributed by atoms with Crippen molar-refractivity contribution in [2.45, 2.75) is 6.92 Å². The van der Waals surface area contributed by atoms with Gasteiger partial charge in [-0.3, -0.25) is 14.4 Å².